The number of ether oxygens (including phenoxy) is 1. The fourth-order valence-electron chi connectivity index (χ4n) is 2.80. The number of aldehydes is 1. The first-order chi connectivity index (χ1) is 11.8. The van der Waals surface area contributed by atoms with Crippen LogP contribution in [0.15, 0.2) is 51.8 Å². The van der Waals surface area contributed by atoms with Crippen LogP contribution in [0.1, 0.15) is 25.0 Å². The minimum atomic E-state index is -4.46. The Morgan fingerprint density at radius 3 is 2.68 bits per heavy atom. The predicted octanol–water partition coefficient (Wildman–Crippen LogP) is 4.58. The average molecular weight is 369 g/mol. The van der Waals surface area contributed by atoms with Crippen LogP contribution in [0.25, 0.3) is 5.70 Å². The smallest absolute Gasteiger partial charge is 0.417 e. The van der Waals surface area contributed by atoms with Crippen LogP contribution in [0, 0.1) is 5.92 Å². The number of alkyl halides is 3. The summed E-state index contributed by atoms with van der Waals surface area (Å²) in [5, 5.41) is 4.59. The third kappa shape index (κ3) is 3.46. The minimum Gasteiger partial charge on any atom is -0.469 e. The normalized spacial score (nSPS) is 23.9. The molecule has 1 aromatic rings. The van der Waals surface area contributed by atoms with Gasteiger partial charge in [-0.15, -0.1) is 0 Å². The minimum absolute atomic E-state index is 0.183. The Kier molecular flexibility index (Phi) is 4.69. The molecule has 1 aromatic carbocycles. The van der Waals surface area contributed by atoms with E-state index in [9.17, 15) is 18.0 Å². The highest BCUT2D eigenvalue weighted by atomic mass is 32.2. The van der Waals surface area contributed by atoms with Gasteiger partial charge in [-0.25, -0.2) is 0 Å². The van der Waals surface area contributed by atoms with E-state index in [2.05, 4.69) is 5.32 Å². The Balaban J connectivity index is 2.02. The molecule has 1 N–H and O–H groups in total. The van der Waals surface area contributed by atoms with Crippen LogP contribution in [0.3, 0.4) is 0 Å². The van der Waals surface area contributed by atoms with Crippen LogP contribution in [-0.4, -0.2) is 12.5 Å². The van der Waals surface area contributed by atoms with E-state index in [-0.39, 0.29) is 5.92 Å². The van der Waals surface area contributed by atoms with Crippen LogP contribution < -0.4 is 5.32 Å². The largest absolute Gasteiger partial charge is 0.469 e. The number of hydrogen-bond donors (Lipinski definition) is 2. The zero-order valence-electron chi connectivity index (χ0n) is 13.7. The van der Waals surface area contributed by atoms with Gasteiger partial charge in [0.05, 0.1) is 11.3 Å². The number of carbonyl (C=O) groups excluding carboxylic acids is 1. The van der Waals surface area contributed by atoms with Crippen LogP contribution in [-0.2, 0) is 15.7 Å². The lowest BCUT2D eigenvalue weighted by atomic mass is 10.1. The van der Waals surface area contributed by atoms with Gasteiger partial charge in [-0.05, 0) is 28.4 Å². The molecule has 2 unspecified atom stereocenters. The molecule has 0 aromatic heterocycles. The van der Waals surface area contributed by atoms with E-state index in [4.69, 9.17) is 4.74 Å². The second-order valence-corrected chi connectivity index (χ2v) is 8.09. The van der Waals surface area contributed by atoms with Gasteiger partial charge in [0.2, 0.25) is 6.23 Å². The Hall–Kier alpha value is -2.15. The molecular formula is C18H18F3NO2S. The molecular weight excluding hydrogens is 351 g/mol. The van der Waals surface area contributed by atoms with E-state index in [0.29, 0.717) is 22.4 Å². The topological polar surface area (TPSA) is 38.3 Å². The maximum atomic E-state index is 13.7. The number of allylic oxidation sites excluding steroid dienone is 3. The van der Waals surface area contributed by atoms with E-state index in [1.165, 1.54) is 12.3 Å². The molecule has 0 amide bonds. The van der Waals surface area contributed by atoms with Gasteiger partial charge in [-0.2, -0.15) is 24.1 Å². The van der Waals surface area contributed by atoms with Crippen LogP contribution >= 0.6 is 10.9 Å². The number of benzene rings is 1. The molecule has 25 heavy (non-hydrogen) atoms. The van der Waals surface area contributed by atoms with Gasteiger partial charge < -0.3 is 10.1 Å². The summed E-state index contributed by atoms with van der Waals surface area (Å²) in [4.78, 5) is 12.0. The molecule has 0 bridgehead atoms. The lowest BCUT2D eigenvalue weighted by Gasteiger charge is -2.25. The fourth-order valence-corrected chi connectivity index (χ4v) is 5.16. The second-order valence-electron chi connectivity index (χ2n) is 6.06. The van der Waals surface area contributed by atoms with Gasteiger partial charge in [0.1, 0.15) is 6.26 Å². The third-order valence-corrected chi connectivity index (χ3v) is 6.60. The number of halogens is 3. The molecule has 0 radical (unpaired) electrons. The molecule has 0 saturated heterocycles. The fraction of sp³-hybridized carbons (Fsp3) is 0.278. The van der Waals surface area contributed by atoms with Gasteiger partial charge in [0.25, 0.3) is 0 Å². The zero-order chi connectivity index (χ0) is 18.2. The van der Waals surface area contributed by atoms with Gasteiger partial charge in [0.15, 0.2) is 6.29 Å². The van der Waals surface area contributed by atoms with Crippen molar-refractivity contribution in [2.45, 2.75) is 31.1 Å². The van der Waals surface area contributed by atoms with Gasteiger partial charge in [0, 0.05) is 10.5 Å². The summed E-state index contributed by atoms with van der Waals surface area (Å²) in [6.45, 7) is 3.97. The highest BCUT2D eigenvalue weighted by Gasteiger charge is 2.36. The molecule has 0 fully saturated rings. The summed E-state index contributed by atoms with van der Waals surface area (Å²) >= 11 is 0. The zero-order valence-corrected chi connectivity index (χ0v) is 14.6. The average Bonchev–Trinajstić information content (AvgIpc) is 3.22. The van der Waals surface area contributed by atoms with Crippen molar-refractivity contribution in [3.63, 3.8) is 0 Å². The van der Waals surface area contributed by atoms with Crippen LogP contribution in [0.4, 0.5) is 13.2 Å². The highest BCUT2D eigenvalue weighted by Crippen LogP contribution is 2.55. The molecule has 2 aliphatic heterocycles. The second kappa shape index (κ2) is 6.63. The molecule has 3 nitrogen and oxygen atoms in total. The van der Waals surface area contributed by atoms with E-state index in [1.54, 1.807) is 6.07 Å². The van der Waals surface area contributed by atoms with E-state index in [0.717, 1.165) is 11.0 Å². The van der Waals surface area contributed by atoms with Crippen molar-refractivity contribution >= 4 is 22.9 Å². The molecule has 0 saturated carbocycles. The Labute approximate surface area is 146 Å². The lowest BCUT2D eigenvalue weighted by molar-refractivity contribution is -0.139. The van der Waals surface area contributed by atoms with Crippen molar-refractivity contribution in [2.75, 3.05) is 0 Å². The summed E-state index contributed by atoms with van der Waals surface area (Å²) in [6, 6.07) is 4.29. The molecule has 2 atom stereocenters. The number of thiol groups is 1. The molecule has 0 aliphatic carbocycles. The van der Waals surface area contributed by atoms with Crippen molar-refractivity contribution in [3.05, 3.63) is 58.1 Å². The van der Waals surface area contributed by atoms with Crippen molar-refractivity contribution < 1.29 is 22.7 Å². The number of rotatable bonds is 4. The standard InChI is InChI=1S/C18H18F3NO2S/c1-11(2)15-4-3-7-25(15)16-6-5-12(8-13(16)18(19,20)21)14-10-24-17(9-23)22-14/h3-11,17,22,25H,1-2H3. The third-order valence-electron chi connectivity index (χ3n) is 4.00. The SMILES string of the molecule is CC(C)C1=CC=C[SH]1c1ccc(C2=COC(C=O)N2)cc1C(F)(F)F. The molecule has 3 rings (SSSR count). The van der Waals surface area contributed by atoms with Crippen molar-refractivity contribution in [1.29, 1.82) is 0 Å². The van der Waals surface area contributed by atoms with Crippen molar-refractivity contribution in [1.82, 2.24) is 5.32 Å². The highest BCUT2D eigenvalue weighted by molar-refractivity contribution is 8.23. The quantitative estimate of drug-likeness (QED) is 0.603. The molecule has 134 valence electrons. The first-order valence-corrected chi connectivity index (χ1v) is 9.19. The summed E-state index contributed by atoms with van der Waals surface area (Å²) in [5.41, 5.74) is 0.0589. The number of nitrogens with one attached hydrogen (secondary N) is 1. The van der Waals surface area contributed by atoms with E-state index >= 15 is 0 Å². The monoisotopic (exact) mass is 369 g/mol. The van der Waals surface area contributed by atoms with Gasteiger partial charge in [-0.1, -0.05) is 32.1 Å². The summed E-state index contributed by atoms with van der Waals surface area (Å²) in [6.07, 6.45) is 0.244. The van der Waals surface area contributed by atoms with Gasteiger partial charge >= 0.3 is 6.18 Å². The van der Waals surface area contributed by atoms with Gasteiger partial charge in [-0.3, -0.25) is 4.79 Å². The first kappa shape index (κ1) is 17.7. The lowest BCUT2D eigenvalue weighted by Crippen LogP contribution is -2.24. The van der Waals surface area contributed by atoms with Crippen molar-refractivity contribution in [3.8, 4) is 0 Å². The van der Waals surface area contributed by atoms with Crippen LogP contribution in [0.2, 0.25) is 0 Å². The molecule has 7 heteroatoms. The number of carbonyl (C=O) groups is 1. The Morgan fingerprint density at radius 2 is 2.08 bits per heavy atom. The molecule has 2 aliphatic rings. The maximum absolute atomic E-state index is 13.7. The Bertz CT molecular complexity index is 781. The molecule has 0 spiro atoms. The summed E-state index contributed by atoms with van der Waals surface area (Å²) in [7, 11) is -1.13. The summed E-state index contributed by atoms with van der Waals surface area (Å²) in [5.74, 6) is 0.183. The first-order valence-electron chi connectivity index (χ1n) is 7.78. The number of hydrogen-bond acceptors (Lipinski definition) is 3. The predicted molar refractivity (Wildman–Crippen MR) is 92.8 cm³/mol. The van der Waals surface area contributed by atoms with E-state index in [1.807, 2.05) is 31.4 Å². The maximum Gasteiger partial charge on any atom is 0.417 e. The Morgan fingerprint density at radius 1 is 1.32 bits per heavy atom. The van der Waals surface area contributed by atoms with E-state index < -0.39 is 28.9 Å². The molecule has 2 heterocycles. The van der Waals surface area contributed by atoms with Crippen LogP contribution in [0.5, 0.6) is 0 Å². The van der Waals surface area contributed by atoms with Crippen molar-refractivity contribution in [2.24, 2.45) is 5.92 Å². The summed E-state index contributed by atoms with van der Waals surface area (Å²) < 4.78 is 46.1.